The van der Waals surface area contributed by atoms with Crippen LogP contribution in [0.1, 0.15) is 0 Å². The monoisotopic (exact) mass is 162 g/mol. The van der Waals surface area contributed by atoms with Crippen LogP contribution < -0.4 is 5.73 Å². The molecule has 2 nitrogen and oxygen atoms in total. The van der Waals surface area contributed by atoms with Crippen LogP contribution in [0.25, 0.3) is 10.9 Å². The van der Waals surface area contributed by atoms with Crippen LogP contribution in [0.5, 0.6) is 0 Å². The first-order chi connectivity index (χ1) is 5.77. The summed E-state index contributed by atoms with van der Waals surface area (Å²) in [5.74, 6) is -0.285. The molecule has 0 aliphatic rings. The number of halogens is 1. The van der Waals surface area contributed by atoms with E-state index in [0.717, 1.165) is 0 Å². The number of hydrogen-bond donors (Lipinski definition) is 1. The Morgan fingerprint density at radius 2 is 2.17 bits per heavy atom. The summed E-state index contributed by atoms with van der Waals surface area (Å²) in [6.45, 7) is 0. The highest BCUT2D eigenvalue weighted by molar-refractivity contribution is 5.81. The Bertz CT molecular complexity index is 426. The summed E-state index contributed by atoms with van der Waals surface area (Å²) in [6.07, 6.45) is 1.52. The number of nitrogens with zero attached hydrogens (tertiary/aromatic N) is 1. The second-order valence-electron chi connectivity index (χ2n) is 2.58. The maximum absolute atomic E-state index is 13.1. The molecule has 1 aromatic heterocycles. The Hall–Kier alpha value is -1.64. The van der Waals surface area contributed by atoms with Crippen molar-refractivity contribution in [3.63, 3.8) is 0 Å². The summed E-state index contributed by atoms with van der Waals surface area (Å²) in [7, 11) is 0. The third kappa shape index (κ3) is 0.993. The Kier molecular flexibility index (Phi) is 1.43. The summed E-state index contributed by atoms with van der Waals surface area (Å²) in [5, 5.41) is 0.470. The molecule has 0 spiro atoms. The molecule has 0 aliphatic carbocycles. The quantitative estimate of drug-likeness (QED) is 0.643. The number of hydrogen-bond acceptors (Lipinski definition) is 2. The number of anilines is 1. The van der Waals surface area contributed by atoms with Gasteiger partial charge in [0.05, 0.1) is 17.4 Å². The molecule has 2 N–H and O–H groups in total. The molecule has 0 saturated heterocycles. The lowest BCUT2D eigenvalue weighted by atomic mass is 10.2. The van der Waals surface area contributed by atoms with Gasteiger partial charge in [-0.3, -0.25) is 4.98 Å². The van der Waals surface area contributed by atoms with E-state index in [-0.39, 0.29) is 5.82 Å². The van der Waals surface area contributed by atoms with Crippen LogP contribution in [0, 0.1) is 5.82 Å². The summed E-state index contributed by atoms with van der Waals surface area (Å²) < 4.78 is 13.1. The fourth-order valence-electron chi connectivity index (χ4n) is 1.13. The fourth-order valence-corrected chi connectivity index (χ4v) is 1.13. The topological polar surface area (TPSA) is 38.9 Å². The van der Waals surface area contributed by atoms with Gasteiger partial charge >= 0.3 is 0 Å². The Morgan fingerprint density at radius 1 is 1.33 bits per heavy atom. The minimum atomic E-state index is -0.285. The highest BCUT2D eigenvalue weighted by Gasteiger charge is 1.99. The zero-order valence-corrected chi connectivity index (χ0v) is 6.29. The molecule has 1 aromatic carbocycles. The molecule has 2 rings (SSSR count). The van der Waals surface area contributed by atoms with Crippen molar-refractivity contribution in [2.24, 2.45) is 0 Å². The number of fused-ring (bicyclic) bond motifs is 1. The zero-order valence-electron chi connectivity index (χ0n) is 6.29. The van der Waals surface area contributed by atoms with Crippen molar-refractivity contribution in [1.82, 2.24) is 4.98 Å². The number of nitrogens with two attached hydrogens (primary N) is 1. The van der Waals surface area contributed by atoms with Crippen LogP contribution in [0.4, 0.5) is 10.1 Å². The van der Waals surface area contributed by atoms with Gasteiger partial charge in [-0.25, -0.2) is 4.39 Å². The largest absolute Gasteiger partial charge is 0.397 e. The number of pyridine rings is 1. The first-order valence-corrected chi connectivity index (χ1v) is 3.57. The molecule has 0 atom stereocenters. The van der Waals surface area contributed by atoms with Crippen molar-refractivity contribution in [3.05, 3.63) is 36.3 Å². The number of benzene rings is 1. The lowest BCUT2D eigenvalue weighted by Crippen LogP contribution is -1.88. The van der Waals surface area contributed by atoms with E-state index in [0.29, 0.717) is 16.6 Å². The van der Waals surface area contributed by atoms with E-state index < -0.39 is 0 Å². The molecule has 0 radical (unpaired) electrons. The maximum atomic E-state index is 13.1. The van der Waals surface area contributed by atoms with Crippen molar-refractivity contribution in [1.29, 1.82) is 0 Å². The molecular weight excluding hydrogens is 155 g/mol. The third-order valence-corrected chi connectivity index (χ3v) is 1.69. The molecule has 0 fully saturated rings. The lowest BCUT2D eigenvalue weighted by molar-refractivity contribution is 0.639. The van der Waals surface area contributed by atoms with E-state index in [1.807, 2.05) is 0 Å². The molecule has 0 aliphatic heterocycles. The van der Waals surface area contributed by atoms with Crippen LogP contribution in [0.3, 0.4) is 0 Å². The molecule has 3 heteroatoms. The van der Waals surface area contributed by atoms with E-state index in [4.69, 9.17) is 5.73 Å². The normalized spacial score (nSPS) is 10.4. The van der Waals surface area contributed by atoms with Gasteiger partial charge in [0.1, 0.15) is 5.82 Å². The van der Waals surface area contributed by atoms with Gasteiger partial charge in [-0.2, -0.15) is 0 Å². The lowest BCUT2D eigenvalue weighted by Gasteiger charge is -1.98. The molecule has 60 valence electrons. The minimum Gasteiger partial charge on any atom is -0.397 e. The molecule has 12 heavy (non-hydrogen) atoms. The van der Waals surface area contributed by atoms with Gasteiger partial charge in [0.15, 0.2) is 0 Å². The second-order valence-corrected chi connectivity index (χ2v) is 2.58. The molecule has 2 aromatic rings. The van der Waals surface area contributed by atoms with Crippen molar-refractivity contribution in [3.8, 4) is 0 Å². The smallest absolute Gasteiger partial charge is 0.132 e. The van der Waals surface area contributed by atoms with Crippen molar-refractivity contribution >= 4 is 16.6 Å². The van der Waals surface area contributed by atoms with Crippen LogP contribution in [-0.4, -0.2) is 4.98 Å². The van der Waals surface area contributed by atoms with Crippen LogP contribution in [-0.2, 0) is 0 Å². The van der Waals surface area contributed by atoms with E-state index in [2.05, 4.69) is 4.98 Å². The third-order valence-electron chi connectivity index (χ3n) is 1.69. The molecular formula is C9H7FN2. The second kappa shape index (κ2) is 2.44. The van der Waals surface area contributed by atoms with Gasteiger partial charge < -0.3 is 5.73 Å². The molecule has 0 bridgehead atoms. The van der Waals surface area contributed by atoms with Gasteiger partial charge in [-0.1, -0.05) is 6.07 Å². The SMILES string of the molecule is Nc1cnc2cccc(F)c2c1. The molecule has 0 saturated carbocycles. The number of aromatic nitrogens is 1. The van der Waals surface area contributed by atoms with Crippen molar-refractivity contribution in [2.75, 3.05) is 5.73 Å². The molecule has 1 heterocycles. The van der Waals surface area contributed by atoms with Crippen LogP contribution >= 0.6 is 0 Å². The van der Waals surface area contributed by atoms with Gasteiger partial charge in [0.2, 0.25) is 0 Å². The zero-order chi connectivity index (χ0) is 8.55. The van der Waals surface area contributed by atoms with Crippen molar-refractivity contribution in [2.45, 2.75) is 0 Å². The minimum absolute atomic E-state index is 0.285. The molecule has 0 amide bonds. The standard InChI is InChI=1S/C9H7FN2/c10-8-2-1-3-9-7(8)4-6(11)5-12-9/h1-5H,11H2. The number of rotatable bonds is 0. The first-order valence-electron chi connectivity index (χ1n) is 3.57. The Morgan fingerprint density at radius 3 is 3.00 bits per heavy atom. The van der Waals surface area contributed by atoms with Gasteiger partial charge in [0, 0.05) is 5.39 Å². The van der Waals surface area contributed by atoms with Crippen molar-refractivity contribution < 1.29 is 4.39 Å². The van der Waals surface area contributed by atoms with Crippen LogP contribution in [0.2, 0.25) is 0 Å². The summed E-state index contributed by atoms with van der Waals surface area (Å²) >= 11 is 0. The highest BCUT2D eigenvalue weighted by Crippen LogP contribution is 2.17. The summed E-state index contributed by atoms with van der Waals surface area (Å²) in [6, 6.07) is 6.35. The summed E-state index contributed by atoms with van der Waals surface area (Å²) in [5.41, 5.74) is 6.57. The Balaban J connectivity index is 2.88. The average Bonchev–Trinajstić information content (AvgIpc) is 2.07. The predicted octanol–water partition coefficient (Wildman–Crippen LogP) is 1.96. The highest BCUT2D eigenvalue weighted by atomic mass is 19.1. The van der Waals surface area contributed by atoms with Gasteiger partial charge in [-0.15, -0.1) is 0 Å². The van der Waals surface area contributed by atoms with E-state index in [1.54, 1.807) is 18.2 Å². The van der Waals surface area contributed by atoms with E-state index >= 15 is 0 Å². The van der Waals surface area contributed by atoms with Gasteiger partial charge in [0.25, 0.3) is 0 Å². The van der Waals surface area contributed by atoms with Gasteiger partial charge in [-0.05, 0) is 18.2 Å². The summed E-state index contributed by atoms with van der Waals surface area (Å²) in [4.78, 5) is 3.98. The average molecular weight is 162 g/mol. The maximum Gasteiger partial charge on any atom is 0.132 e. The first kappa shape index (κ1) is 7.03. The van der Waals surface area contributed by atoms with E-state index in [9.17, 15) is 4.39 Å². The number of nitrogen functional groups attached to an aromatic ring is 1. The predicted molar refractivity (Wildman–Crippen MR) is 46.1 cm³/mol. The van der Waals surface area contributed by atoms with E-state index in [1.165, 1.54) is 12.3 Å². The molecule has 0 unspecified atom stereocenters. The van der Waals surface area contributed by atoms with Crippen LogP contribution in [0.15, 0.2) is 30.5 Å². The fraction of sp³-hybridized carbons (Fsp3) is 0. The Labute approximate surface area is 68.8 Å².